The molecular formula is C16H15ClN2S. The van der Waals surface area contributed by atoms with Gasteiger partial charge < -0.3 is 5.32 Å². The number of halogens is 1. The Morgan fingerprint density at radius 3 is 2.85 bits per heavy atom. The van der Waals surface area contributed by atoms with E-state index in [4.69, 9.17) is 11.6 Å². The lowest BCUT2D eigenvalue weighted by molar-refractivity contribution is 1.03. The summed E-state index contributed by atoms with van der Waals surface area (Å²) >= 11 is 7.57. The quantitative estimate of drug-likeness (QED) is 0.740. The Morgan fingerprint density at radius 2 is 2.05 bits per heavy atom. The van der Waals surface area contributed by atoms with Crippen molar-refractivity contribution in [2.75, 3.05) is 11.9 Å². The molecule has 20 heavy (non-hydrogen) atoms. The third kappa shape index (κ3) is 2.94. The fraction of sp³-hybridized carbons (Fsp3) is 0.188. The summed E-state index contributed by atoms with van der Waals surface area (Å²) in [7, 11) is 0. The molecule has 0 radical (unpaired) electrons. The van der Waals surface area contributed by atoms with Crippen LogP contribution in [0.5, 0.6) is 0 Å². The summed E-state index contributed by atoms with van der Waals surface area (Å²) < 4.78 is 0.847. The van der Waals surface area contributed by atoms with Crippen LogP contribution in [0.4, 0.5) is 5.82 Å². The third-order valence-corrected chi connectivity index (χ3v) is 4.50. The minimum Gasteiger partial charge on any atom is -0.369 e. The summed E-state index contributed by atoms with van der Waals surface area (Å²) in [6.07, 6.45) is 0.964. The molecule has 102 valence electrons. The highest BCUT2D eigenvalue weighted by atomic mass is 35.5. The summed E-state index contributed by atoms with van der Waals surface area (Å²) in [5.41, 5.74) is 2.20. The zero-order valence-electron chi connectivity index (χ0n) is 11.2. The van der Waals surface area contributed by atoms with Crippen molar-refractivity contribution in [2.45, 2.75) is 13.3 Å². The first-order valence-electron chi connectivity index (χ1n) is 6.57. The maximum absolute atomic E-state index is 5.93. The van der Waals surface area contributed by atoms with Crippen LogP contribution in [-0.2, 0) is 6.42 Å². The lowest BCUT2D eigenvalue weighted by Gasteiger charge is -2.09. The Morgan fingerprint density at radius 1 is 1.20 bits per heavy atom. The molecule has 0 atom stereocenters. The molecule has 3 aromatic rings. The number of fused-ring (bicyclic) bond motifs is 1. The van der Waals surface area contributed by atoms with Gasteiger partial charge in [0.25, 0.3) is 0 Å². The number of nitrogens with zero attached hydrogens (tertiary/aromatic N) is 1. The topological polar surface area (TPSA) is 24.9 Å². The molecule has 0 saturated carbocycles. The molecule has 0 unspecified atom stereocenters. The predicted octanol–water partition coefficient (Wildman–Crippen LogP) is 4.91. The van der Waals surface area contributed by atoms with E-state index in [-0.39, 0.29) is 0 Å². The van der Waals surface area contributed by atoms with Crippen molar-refractivity contribution in [2.24, 2.45) is 0 Å². The monoisotopic (exact) mass is 302 g/mol. The van der Waals surface area contributed by atoms with Crippen molar-refractivity contribution in [3.63, 3.8) is 0 Å². The van der Waals surface area contributed by atoms with Gasteiger partial charge in [-0.15, -0.1) is 11.3 Å². The van der Waals surface area contributed by atoms with E-state index in [2.05, 4.69) is 35.4 Å². The second-order valence-corrected chi connectivity index (χ2v) is 6.53. The van der Waals surface area contributed by atoms with Crippen molar-refractivity contribution in [1.82, 2.24) is 4.98 Å². The molecule has 0 amide bonds. The minimum absolute atomic E-state index is 0.847. The Labute approximate surface area is 127 Å². The van der Waals surface area contributed by atoms with E-state index in [1.54, 1.807) is 11.3 Å². The first kappa shape index (κ1) is 13.4. The van der Waals surface area contributed by atoms with Gasteiger partial charge in [0.05, 0.1) is 9.85 Å². The van der Waals surface area contributed by atoms with Gasteiger partial charge in [-0.1, -0.05) is 29.8 Å². The van der Waals surface area contributed by atoms with Crippen molar-refractivity contribution in [3.05, 3.63) is 57.2 Å². The second-order valence-electron chi connectivity index (χ2n) is 4.73. The SMILES string of the molecule is Cc1cc2ccccc2nc1NCCc1ccc(Cl)s1. The molecule has 2 heterocycles. The lowest BCUT2D eigenvalue weighted by Crippen LogP contribution is -2.07. The van der Waals surface area contributed by atoms with E-state index in [1.165, 1.54) is 15.8 Å². The molecule has 0 fully saturated rings. The standard InChI is InChI=1S/C16H15ClN2S/c1-11-10-12-4-2-3-5-14(12)19-16(11)18-9-8-13-6-7-15(17)20-13/h2-7,10H,8-9H2,1H3,(H,18,19). The maximum atomic E-state index is 5.93. The highest BCUT2D eigenvalue weighted by Gasteiger charge is 2.03. The van der Waals surface area contributed by atoms with E-state index < -0.39 is 0 Å². The highest BCUT2D eigenvalue weighted by molar-refractivity contribution is 7.16. The Bertz CT molecular complexity index is 736. The van der Waals surface area contributed by atoms with Crippen LogP contribution in [0, 0.1) is 6.92 Å². The fourth-order valence-electron chi connectivity index (χ4n) is 2.19. The van der Waals surface area contributed by atoms with Gasteiger partial charge in [0.2, 0.25) is 0 Å². The van der Waals surface area contributed by atoms with Gasteiger partial charge in [-0.05, 0) is 43.2 Å². The van der Waals surface area contributed by atoms with Gasteiger partial charge >= 0.3 is 0 Å². The van der Waals surface area contributed by atoms with E-state index in [0.29, 0.717) is 0 Å². The van der Waals surface area contributed by atoms with Crippen molar-refractivity contribution >= 4 is 39.7 Å². The number of rotatable bonds is 4. The number of aryl methyl sites for hydroxylation is 1. The van der Waals surface area contributed by atoms with Gasteiger partial charge in [0.15, 0.2) is 0 Å². The largest absolute Gasteiger partial charge is 0.369 e. The smallest absolute Gasteiger partial charge is 0.129 e. The van der Waals surface area contributed by atoms with Crippen molar-refractivity contribution < 1.29 is 0 Å². The number of para-hydroxylation sites is 1. The molecule has 2 aromatic heterocycles. The minimum atomic E-state index is 0.847. The molecule has 0 saturated heterocycles. The van der Waals surface area contributed by atoms with Crippen LogP contribution in [0.15, 0.2) is 42.5 Å². The van der Waals surface area contributed by atoms with Crippen LogP contribution in [-0.4, -0.2) is 11.5 Å². The van der Waals surface area contributed by atoms with Crippen LogP contribution >= 0.6 is 22.9 Å². The van der Waals surface area contributed by atoms with Crippen LogP contribution in [0.3, 0.4) is 0 Å². The molecule has 1 N–H and O–H groups in total. The van der Waals surface area contributed by atoms with Crippen LogP contribution in [0.1, 0.15) is 10.4 Å². The molecule has 4 heteroatoms. The van der Waals surface area contributed by atoms with E-state index in [9.17, 15) is 0 Å². The molecular weight excluding hydrogens is 288 g/mol. The zero-order valence-corrected chi connectivity index (χ0v) is 12.8. The van der Waals surface area contributed by atoms with Crippen LogP contribution in [0.25, 0.3) is 10.9 Å². The number of benzene rings is 1. The van der Waals surface area contributed by atoms with Crippen molar-refractivity contribution in [1.29, 1.82) is 0 Å². The summed E-state index contributed by atoms with van der Waals surface area (Å²) in [5, 5.41) is 4.60. The molecule has 0 aliphatic rings. The first-order valence-corrected chi connectivity index (χ1v) is 7.76. The fourth-order valence-corrected chi connectivity index (χ4v) is 3.28. The average molecular weight is 303 g/mol. The first-order chi connectivity index (χ1) is 9.72. The molecule has 3 rings (SSSR count). The Hall–Kier alpha value is -1.58. The van der Waals surface area contributed by atoms with Gasteiger partial charge in [-0.2, -0.15) is 0 Å². The molecule has 2 nitrogen and oxygen atoms in total. The summed E-state index contributed by atoms with van der Waals surface area (Å²) in [4.78, 5) is 5.97. The molecule has 0 bridgehead atoms. The van der Waals surface area contributed by atoms with E-state index in [0.717, 1.165) is 28.6 Å². The number of anilines is 1. The van der Waals surface area contributed by atoms with Gasteiger partial charge in [-0.3, -0.25) is 0 Å². The normalized spacial score (nSPS) is 10.9. The van der Waals surface area contributed by atoms with Gasteiger partial charge in [-0.25, -0.2) is 4.98 Å². The summed E-state index contributed by atoms with van der Waals surface area (Å²) in [5.74, 6) is 0.964. The number of thiophene rings is 1. The molecule has 1 aromatic carbocycles. The Kier molecular flexibility index (Phi) is 3.90. The number of hydrogen-bond donors (Lipinski definition) is 1. The molecule has 0 aliphatic heterocycles. The van der Waals surface area contributed by atoms with Gasteiger partial charge in [0.1, 0.15) is 5.82 Å². The summed E-state index contributed by atoms with van der Waals surface area (Å²) in [6, 6.07) is 14.4. The highest BCUT2D eigenvalue weighted by Crippen LogP contribution is 2.22. The summed E-state index contributed by atoms with van der Waals surface area (Å²) in [6.45, 7) is 2.95. The van der Waals surface area contributed by atoms with E-state index in [1.807, 2.05) is 24.3 Å². The third-order valence-electron chi connectivity index (χ3n) is 3.21. The average Bonchev–Trinajstić information content (AvgIpc) is 2.85. The molecule has 0 aliphatic carbocycles. The number of pyridine rings is 1. The van der Waals surface area contributed by atoms with Gasteiger partial charge in [0, 0.05) is 16.8 Å². The lowest BCUT2D eigenvalue weighted by atomic mass is 10.1. The zero-order chi connectivity index (χ0) is 13.9. The van der Waals surface area contributed by atoms with Crippen LogP contribution < -0.4 is 5.32 Å². The second kappa shape index (κ2) is 5.81. The predicted molar refractivity (Wildman–Crippen MR) is 88.0 cm³/mol. The molecule has 0 spiro atoms. The maximum Gasteiger partial charge on any atom is 0.129 e. The number of aromatic nitrogens is 1. The van der Waals surface area contributed by atoms with Crippen LogP contribution in [0.2, 0.25) is 4.34 Å². The number of hydrogen-bond acceptors (Lipinski definition) is 3. The van der Waals surface area contributed by atoms with Crippen molar-refractivity contribution in [3.8, 4) is 0 Å². The Balaban J connectivity index is 1.72. The number of nitrogens with one attached hydrogen (secondary N) is 1. The van der Waals surface area contributed by atoms with E-state index >= 15 is 0 Å².